The van der Waals surface area contributed by atoms with Gasteiger partial charge in [-0.1, -0.05) is 36.1 Å². The van der Waals surface area contributed by atoms with Gasteiger partial charge in [0, 0.05) is 23.5 Å². The van der Waals surface area contributed by atoms with Crippen LogP contribution in [0.3, 0.4) is 0 Å². The van der Waals surface area contributed by atoms with Gasteiger partial charge in [-0.2, -0.15) is 0 Å². The Labute approximate surface area is 164 Å². The zero-order valence-corrected chi connectivity index (χ0v) is 16.1. The number of thioether (sulfide) groups is 1. The van der Waals surface area contributed by atoms with Gasteiger partial charge in [-0.15, -0.1) is 11.3 Å². The fraction of sp³-hybridized carbons (Fsp3) is 0.167. The highest BCUT2D eigenvalue weighted by Gasteiger charge is 2.31. The molecule has 26 heavy (non-hydrogen) atoms. The van der Waals surface area contributed by atoms with Crippen molar-refractivity contribution in [2.75, 3.05) is 11.9 Å². The Hall–Kier alpha value is -2.03. The molecule has 8 heteroatoms. The van der Waals surface area contributed by atoms with Crippen molar-refractivity contribution in [2.45, 2.75) is 12.8 Å². The van der Waals surface area contributed by atoms with Crippen LogP contribution in [0, 0.1) is 5.82 Å². The van der Waals surface area contributed by atoms with Gasteiger partial charge < -0.3 is 5.32 Å². The number of benzene rings is 1. The maximum atomic E-state index is 13.1. The van der Waals surface area contributed by atoms with Crippen LogP contribution in [0.1, 0.15) is 17.7 Å². The third-order valence-corrected chi connectivity index (χ3v) is 5.78. The van der Waals surface area contributed by atoms with Gasteiger partial charge in [0.2, 0.25) is 5.91 Å². The third-order valence-electron chi connectivity index (χ3n) is 3.58. The SMILES string of the molecule is O=C(CCCN1C(=O)/C(=C\c2cccs2)SC1=S)Nc1cccc(F)c1. The molecule has 0 saturated carbocycles. The van der Waals surface area contributed by atoms with Gasteiger partial charge in [0.1, 0.15) is 10.1 Å². The summed E-state index contributed by atoms with van der Waals surface area (Å²) in [6.07, 6.45) is 2.53. The van der Waals surface area contributed by atoms with Crippen LogP contribution in [0.25, 0.3) is 6.08 Å². The predicted molar refractivity (Wildman–Crippen MR) is 108 cm³/mol. The molecule has 1 aliphatic heterocycles. The van der Waals surface area contributed by atoms with Gasteiger partial charge in [-0.05, 0) is 42.1 Å². The average molecular weight is 407 g/mol. The molecule has 4 nitrogen and oxygen atoms in total. The minimum Gasteiger partial charge on any atom is -0.326 e. The van der Waals surface area contributed by atoms with E-state index in [1.807, 2.05) is 23.6 Å². The molecule has 2 aromatic rings. The zero-order chi connectivity index (χ0) is 18.5. The Morgan fingerprint density at radius 3 is 2.88 bits per heavy atom. The molecule has 3 rings (SSSR count). The van der Waals surface area contributed by atoms with Crippen LogP contribution < -0.4 is 5.32 Å². The Bertz CT molecular complexity index is 865. The smallest absolute Gasteiger partial charge is 0.266 e. The lowest BCUT2D eigenvalue weighted by molar-refractivity contribution is -0.122. The van der Waals surface area contributed by atoms with E-state index in [0.717, 1.165) is 4.88 Å². The maximum absolute atomic E-state index is 13.1. The van der Waals surface area contributed by atoms with Gasteiger partial charge in [0.15, 0.2) is 0 Å². The zero-order valence-electron chi connectivity index (χ0n) is 13.6. The van der Waals surface area contributed by atoms with Gasteiger partial charge in [-0.25, -0.2) is 4.39 Å². The van der Waals surface area contributed by atoms with E-state index in [1.165, 1.54) is 34.9 Å². The van der Waals surface area contributed by atoms with E-state index in [0.29, 0.717) is 27.9 Å². The van der Waals surface area contributed by atoms with E-state index >= 15 is 0 Å². The highest BCUT2D eigenvalue weighted by Crippen LogP contribution is 2.33. The number of halogens is 1. The summed E-state index contributed by atoms with van der Waals surface area (Å²) in [6, 6.07) is 9.59. The lowest BCUT2D eigenvalue weighted by Crippen LogP contribution is -2.29. The molecule has 2 heterocycles. The quantitative estimate of drug-likeness (QED) is 0.567. The molecule has 0 radical (unpaired) electrons. The molecule has 0 bridgehead atoms. The Balaban J connectivity index is 1.51. The van der Waals surface area contributed by atoms with Crippen LogP contribution in [0.5, 0.6) is 0 Å². The minimum absolute atomic E-state index is 0.126. The first-order chi connectivity index (χ1) is 12.5. The number of thiophene rings is 1. The van der Waals surface area contributed by atoms with Crippen LogP contribution in [0.2, 0.25) is 0 Å². The van der Waals surface area contributed by atoms with Crippen molar-refractivity contribution in [3.05, 3.63) is 57.4 Å². The van der Waals surface area contributed by atoms with E-state index in [9.17, 15) is 14.0 Å². The van der Waals surface area contributed by atoms with E-state index in [2.05, 4.69) is 5.32 Å². The van der Waals surface area contributed by atoms with Crippen molar-refractivity contribution in [1.82, 2.24) is 4.90 Å². The number of amides is 2. The fourth-order valence-corrected chi connectivity index (χ4v) is 4.41. The summed E-state index contributed by atoms with van der Waals surface area (Å²) in [5.41, 5.74) is 0.416. The molecular weight excluding hydrogens is 391 g/mol. The Morgan fingerprint density at radius 1 is 1.31 bits per heavy atom. The van der Waals surface area contributed by atoms with Crippen LogP contribution in [0.15, 0.2) is 46.7 Å². The number of hydrogen-bond donors (Lipinski definition) is 1. The van der Waals surface area contributed by atoms with Crippen LogP contribution in [-0.4, -0.2) is 27.6 Å². The molecule has 1 N–H and O–H groups in total. The summed E-state index contributed by atoms with van der Waals surface area (Å²) in [5.74, 6) is -0.757. The molecule has 1 fully saturated rings. The predicted octanol–water partition coefficient (Wildman–Crippen LogP) is 4.51. The lowest BCUT2D eigenvalue weighted by atomic mass is 10.2. The second-order valence-electron chi connectivity index (χ2n) is 5.51. The summed E-state index contributed by atoms with van der Waals surface area (Å²) >= 11 is 8.11. The number of carbonyl (C=O) groups is 2. The molecular formula is C18H15FN2O2S3. The van der Waals surface area contributed by atoms with Crippen molar-refractivity contribution in [3.8, 4) is 0 Å². The van der Waals surface area contributed by atoms with Crippen molar-refractivity contribution < 1.29 is 14.0 Å². The van der Waals surface area contributed by atoms with Gasteiger partial charge in [0.25, 0.3) is 5.91 Å². The molecule has 1 saturated heterocycles. The first kappa shape index (κ1) is 18.8. The molecule has 0 spiro atoms. The summed E-state index contributed by atoms with van der Waals surface area (Å²) in [5, 5.41) is 4.59. The highest BCUT2D eigenvalue weighted by molar-refractivity contribution is 8.26. The first-order valence-electron chi connectivity index (χ1n) is 7.87. The normalized spacial score (nSPS) is 15.7. The molecule has 1 aromatic carbocycles. The number of rotatable bonds is 6. The summed E-state index contributed by atoms with van der Waals surface area (Å²) in [4.78, 5) is 27.5. The largest absolute Gasteiger partial charge is 0.326 e. The first-order valence-corrected chi connectivity index (χ1v) is 9.97. The van der Waals surface area contributed by atoms with Gasteiger partial charge >= 0.3 is 0 Å². The number of thiocarbonyl (C=S) groups is 1. The van der Waals surface area contributed by atoms with Crippen molar-refractivity contribution in [2.24, 2.45) is 0 Å². The van der Waals surface area contributed by atoms with E-state index in [-0.39, 0.29) is 18.2 Å². The molecule has 0 atom stereocenters. The van der Waals surface area contributed by atoms with E-state index in [1.54, 1.807) is 17.4 Å². The maximum Gasteiger partial charge on any atom is 0.266 e. The average Bonchev–Trinajstić information content (AvgIpc) is 3.19. The van der Waals surface area contributed by atoms with Gasteiger partial charge in [0.05, 0.1) is 4.91 Å². The monoisotopic (exact) mass is 406 g/mol. The van der Waals surface area contributed by atoms with Gasteiger partial charge in [-0.3, -0.25) is 14.5 Å². The lowest BCUT2D eigenvalue weighted by Gasteiger charge is -2.14. The van der Waals surface area contributed by atoms with Crippen LogP contribution in [-0.2, 0) is 9.59 Å². The van der Waals surface area contributed by atoms with E-state index < -0.39 is 5.82 Å². The number of anilines is 1. The number of nitrogens with one attached hydrogen (secondary N) is 1. The molecule has 134 valence electrons. The molecule has 2 amide bonds. The summed E-state index contributed by atoms with van der Waals surface area (Å²) < 4.78 is 13.6. The standard InChI is InChI=1S/C18H15FN2O2S3/c19-12-4-1-5-13(10-12)20-16(22)7-2-8-21-17(23)15(26-18(21)24)11-14-6-3-9-25-14/h1,3-6,9-11H,2,7-8H2,(H,20,22)/b15-11+. The molecule has 1 aromatic heterocycles. The number of carbonyl (C=O) groups excluding carboxylic acids is 2. The topological polar surface area (TPSA) is 49.4 Å². The number of hydrogen-bond acceptors (Lipinski definition) is 5. The van der Waals surface area contributed by atoms with Crippen molar-refractivity contribution in [3.63, 3.8) is 0 Å². The van der Waals surface area contributed by atoms with Crippen LogP contribution in [0.4, 0.5) is 10.1 Å². The molecule has 0 unspecified atom stereocenters. The fourth-order valence-electron chi connectivity index (χ4n) is 2.38. The third kappa shape index (κ3) is 4.78. The molecule has 0 aliphatic carbocycles. The molecule has 1 aliphatic rings. The van der Waals surface area contributed by atoms with Crippen molar-refractivity contribution in [1.29, 1.82) is 0 Å². The highest BCUT2D eigenvalue weighted by atomic mass is 32.2. The summed E-state index contributed by atoms with van der Waals surface area (Å²) in [7, 11) is 0. The second kappa shape index (κ2) is 8.57. The summed E-state index contributed by atoms with van der Waals surface area (Å²) in [6.45, 7) is 0.378. The van der Waals surface area contributed by atoms with Crippen molar-refractivity contribution >= 4 is 63.2 Å². The Kier molecular flexibility index (Phi) is 6.18. The minimum atomic E-state index is -0.405. The number of nitrogens with zero attached hydrogens (tertiary/aromatic N) is 1. The van der Waals surface area contributed by atoms with Crippen LogP contribution >= 0.6 is 35.3 Å². The Morgan fingerprint density at radius 2 is 2.15 bits per heavy atom. The second-order valence-corrected chi connectivity index (χ2v) is 8.17. The van der Waals surface area contributed by atoms with E-state index in [4.69, 9.17) is 12.2 Å².